The molecule has 1 aliphatic heterocycles. The maximum absolute atomic E-state index is 12.6. The minimum Gasteiger partial charge on any atom is -0.508 e. The number of carboxylic acid groups (broad SMARTS) is 1. The fourth-order valence-corrected chi connectivity index (χ4v) is 3.75. The van der Waals surface area contributed by atoms with Crippen LogP contribution in [0.1, 0.15) is 39.5 Å². The van der Waals surface area contributed by atoms with Gasteiger partial charge in [-0.25, -0.2) is 0 Å². The number of phenols is 2. The number of carbonyl (C=O) groups excluding carboxylic acids is 2. The van der Waals surface area contributed by atoms with Gasteiger partial charge in [-0.15, -0.1) is 0 Å². The number of hydrogen-bond donors (Lipinski definition) is 8. The average Bonchev–Trinajstić information content (AvgIpc) is 2.80. The van der Waals surface area contributed by atoms with Gasteiger partial charge in [0.2, 0.25) is 5.91 Å². The summed E-state index contributed by atoms with van der Waals surface area (Å²) in [5.41, 5.74) is 2.03. The Morgan fingerprint density at radius 3 is 2.56 bits per heavy atom. The Bertz CT molecular complexity index is 1200. The van der Waals surface area contributed by atoms with Crippen molar-refractivity contribution in [1.82, 2.24) is 16.0 Å². The molecule has 0 aliphatic carbocycles. The molecule has 1 aliphatic rings. The average molecular weight is 500 g/mol. The Morgan fingerprint density at radius 1 is 1.14 bits per heavy atom. The molecule has 0 radical (unpaired) electrons. The Balaban J connectivity index is 1.66. The van der Waals surface area contributed by atoms with Crippen LogP contribution in [-0.2, 0) is 9.59 Å². The molecule has 3 rings (SSSR count). The number of nitrogens with one attached hydrogen (secondary N) is 4. The molecule has 0 aromatic heterocycles. The zero-order valence-corrected chi connectivity index (χ0v) is 19.8. The van der Waals surface area contributed by atoms with Crippen molar-refractivity contribution in [3.8, 4) is 11.5 Å². The molecule has 2 aromatic rings. The molecule has 0 saturated carbocycles. The van der Waals surface area contributed by atoms with E-state index in [1.54, 1.807) is 26.0 Å². The third-order valence-corrected chi connectivity index (χ3v) is 5.38. The molecule has 0 saturated heterocycles. The molecule has 0 fully saturated rings. The Labute approximate surface area is 207 Å². The number of anilines is 1. The molecule has 2 aromatic carbocycles. The van der Waals surface area contributed by atoms with Crippen molar-refractivity contribution in [2.45, 2.75) is 32.4 Å². The van der Waals surface area contributed by atoms with Gasteiger partial charge < -0.3 is 41.7 Å². The molecule has 2 atom stereocenters. The first-order valence-corrected chi connectivity index (χ1v) is 11.2. The van der Waals surface area contributed by atoms with Crippen LogP contribution in [-0.4, -0.2) is 69.9 Å². The first-order chi connectivity index (χ1) is 17.0. The number of β-amino-alcohol motifs (C(OH)–C–C–N with tert-alkyl or cyclic N) is 1. The number of amides is 2. The van der Waals surface area contributed by atoms with Crippen LogP contribution in [0.25, 0.3) is 0 Å². The predicted molar refractivity (Wildman–Crippen MR) is 131 cm³/mol. The zero-order chi connectivity index (χ0) is 26.4. The minimum absolute atomic E-state index is 0.0655. The summed E-state index contributed by atoms with van der Waals surface area (Å²) < 4.78 is 0. The van der Waals surface area contributed by atoms with Crippen LogP contribution in [0.15, 0.2) is 35.3 Å². The lowest BCUT2D eigenvalue weighted by Gasteiger charge is -2.21. The lowest BCUT2D eigenvalue weighted by molar-refractivity contribution is -0.137. The van der Waals surface area contributed by atoms with Gasteiger partial charge in [-0.1, -0.05) is 17.7 Å². The quantitative estimate of drug-likeness (QED) is 0.255. The smallest absolute Gasteiger partial charge is 0.305 e. The van der Waals surface area contributed by atoms with E-state index < -0.39 is 42.9 Å². The molecule has 2 amide bonds. The highest BCUT2D eigenvalue weighted by Gasteiger charge is 2.23. The first-order valence-electron chi connectivity index (χ1n) is 11.2. The van der Waals surface area contributed by atoms with Gasteiger partial charge in [-0.05, 0) is 31.5 Å². The molecule has 192 valence electrons. The van der Waals surface area contributed by atoms with E-state index >= 15 is 0 Å². The fourth-order valence-electron chi connectivity index (χ4n) is 3.75. The zero-order valence-electron chi connectivity index (χ0n) is 19.8. The largest absolute Gasteiger partial charge is 0.508 e. The predicted octanol–water partition coefficient (Wildman–Crippen LogP) is 0.509. The van der Waals surface area contributed by atoms with Crippen molar-refractivity contribution in [1.29, 1.82) is 0 Å². The van der Waals surface area contributed by atoms with Crippen molar-refractivity contribution in [2.75, 3.05) is 25.0 Å². The van der Waals surface area contributed by atoms with Crippen molar-refractivity contribution >= 4 is 29.4 Å². The van der Waals surface area contributed by atoms with E-state index in [0.29, 0.717) is 23.8 Å². The van der Waals surface area contributed by atoms with E-state index in [-0.39, 0.29) is 29.2 Å². The summed E-state index contributed by atoms with van der Waals surface area (Å²) in [6, 6.07) is 6.37. The molecule has 0 bridgehead atoms. The maximum Gasteiger partial charge on any atom is 0.305 e. The number of carbonyl (C=O) groups is 3. The highest BCUT2D eigenvalue weighted by molar-refractivity contribution is 6.00. The number of aliphatic imine (C=N–C) groups is 1. The number of guanidine groups is 1. The number of aliphatic carboxylic acids is 1. The van der Waals surface area contributed by atoms with Gasteiger partial charge in [-0.3, -0.25) is 19.4 Å². The minimum atomic E-state index is -1.17. The molecule has 0 spiro atoms. The SMILES string of the molecule is Cc1cc(C)c(O)c([C@H](CC(=O)O)NC(=O)CNC(=O)c2cc(O)cc(NC3=NCC(O)CN3)c2)c1. The van der Waals surface area contributed by atoms with Gasteiger partial charge in [0.25, 0.3) is 5.91 Å². The normalized spacial score (nSPS) is 15.8. The van der Waals surface area contributed by atoms with E-state index in [4.69, 9.17) is 0 Å². The van der Waals surface area contributed by atoms with Gasteiger partial charge in [0.05, 0.1) is 31.7 Å². The van der Waals surface area contributed by atoms with Gasteiger partial charge >= 0.3 is 5.97 Å². The van der Waals surface area contributed by atoms with Crippen LogP contribution in [0.4, 0.5) is 5.69 Å². The van der Waals surface area contributed by atoms with Crippen LogP contribution < -0.4 is 21.3 Å². The fraction of sp³-hybridized carbons (Fsp3) is 0.333. The lowest BCUT2D eigenvalue weighted by Crippen LogP contribution is -2.42. The second-order valence-corrected chi connectivity index (χ2v) is 8.54. The third-order valence-electron chi connectivity index (χ3n) is 5.38. The lowest BCUT2D eigenvalue weighted by atomic mass is 9.97. The standard InChI is InChI=1S/C24H29N5O7/c1-12-3-13(2)22(35)18(4-12)19(8-21(33)34)29-20(32)11-25-23(36)14-5-15(7-16(30)6-14)28-24-26-9-17(31)10-27-24/h3-7,17,19,30-31,35H,8-11H2,1-2H3,(H,25,36)(H,29,32)(H,33,34)(H2,26,27,28)/t19-/m0/s1. The van der Waals surface area contributed by atoms with Crippen LogP contribution in [0.3, 0.4) is 0 Å². The summed E-state index contributed by atoms with van der Waals surface area (Å²) in [7, 11) is 0. The number of phenolic OH excluding ortho intramolecular Hbond substituents is 2. The third kappa shape index (κ3) is 7.09. The van der Waals surface area contributed by atoms with Gasteiger partial charge in [0.1, 0.15) is 11.5 Å². The summed E-state index contributed by atoms with van der Waals surface area (Å²) in [5.74, 6) is -2.42. The summed E-state index contributed by atoms with van der Waals surface area (Å²) >= 11 is 0. The molecule has 12 heteroatoms. The van der Waals surface area contributed by atoms with Crippen LogP contribution in [0.2, 0.25) is 0 Å². The van der Waals surface area contributed by atoms with Crippen molar-refractivity contribution < 1.29 is 34.8 Å². The number of carboxylic acids is 1. The highest BCUT2D eigenvalue weighted by Crippen LogP contribution is 2.31. The van der Waals surface area contributed by atoms with E-state index in [9.17, 15) is 34.8 Å². The number of nitrogens with zero attached hydrogens (tertiary/aromatic N) is 1. The first kappa shape index (κ1) is 26.3. The van der Waals surface area contributed by atoms with Gasteiger partial charge in [0, 0.05) is 29.4 Å². The van der Waals surface area contributed by atoms with E-state index in [1.807, 2.05) is 0 Å². The van der Waals surface area contributed by atoms with Crippen LogP contribution >= 0.6 is 0 Å². The number of rotatable bonds is 8. The second-order valence-electron chi connectivity index (χ2n) is 8.54. The Morgan fingerprint density at radius 2 is 1.89 bits per heavy atom. The summed E-state index contributed by atoms with van der Waals surface area (Å²) in [6.45, 7) is 3.50. The number of hydrogen-bond acceptors (Lipinski definition) is 9. The molecule has 12 nitrogen and oxygen atoms in total. The van der Waals surface area contributed by atoms with Crippen molar-refractivity contribution in [3.05, 3.63) is 52.6 Å². The molecule has 36 heavy (non-hydrogen) atoms. The second kappa shape index (κ2) is 11.4. The molecule has 8 N–H and O–H groups in total. The molecular weight excluding hydrogens is 470 g/mol. The number of benzene rings is 2. The molecule has 1 heterocycles. The number of aromatic hydroxyl groups is 2. The van der Waals surface area contributed by atoms with E-state index in [0.717, 1.165) is 5.56 Å². The Hall–Kier alpha value is -4.32. The monoisotopic (exact) mass is 499 g/mol. The summed E-state index contributed by atoms with van der Waals surface area (Å²) in [5, 5.41) is 49.9. The number of aliphatic hydroxyl groups is 1. The van der Waals surface area contributed by atoms with Gasteiger partial charge in [0.15, 0.2) is 5.96 Å². The molecule has 1 unspecified atom stereocenters. The van der Waals surface area contributed by atoms with E-state index in [1.165, 1.54) is 18.2 Å². The molecular formula is C24H29N5O7. The maximum atomic E-state index is 12.6. The summed E-state index contributed by atoms with van der Waals surface area (Å²) in [4.78, 5) is 40.6. The highest BCUT2D eigenvalue weighted by atomic mass is 16.4. The van der Waals surface area contributed by atoms with E-state index in [2.05, 4.69) is 26.3 Å². The van der Waals surface area contributed by atoms with Crippen LogP contribution in [0, 0.1) is 13.8 Å². The van der Waals surface area contributed by atoms with Crippen LogP contribution in [0.5, 0.6) is 11.5 Å². The summed E-state index contributed by atoms with van der Waals surface area (Å²) in [6.07, 6.45) is -1.06. The van der Waals surface area contributed by atoms with Gasteiger partial charge in [-0.2, -0.15) is 0 Å². The van der Waals surface area contributed by atoms with Crippen molar-refractivity contribution in [2.24, 2.45) is 4.99 Å². The number of aryl methyl sites for hydroxylation is 2. The Kier molecular flexibility index (Phi) is 8.33. The number of aliphatic hydroxyl groups excluding tert-OH is 1. The topological polar surface area (TPSA) is 193 Å². The van der Waals surface area contributed by atoms with Crippen molar-refractivity contribution in [3.63, 3.8) is 0 Å².